The smallest absolute Gasteiger partial charge is 0.264 e. The molecule has 0 bridgehead atoms. The van der Waals surface area contributed by atoms with Crippen molar-refractivity contribution in [1.29, 1.82) is 0 Å². The number of hydrogen-bond donors (Lipinski definition) is 2. The number of hydrogen-bond acceptors (Lipinski definition) is 6. The van der Waals surface area contributed by atoms with Gasteiger partial charge in [-0.3, -0.25) is 34.3 Å². The lowest BCUT2D eigenvalue weighted by Gasteiger charge is -2.48. The van der Waals surface area contributed by atoms with Crippen LogP contribution in [0.3, 0.4) is 0 Å². The van der Waals surface area contributed by atoms with E-state index in [0.717, 1.165) is 17.0 Å². The maximum atomic E-state index is 13.3. The molecule has 37 heavy (non-hydrogen) atoms. The van der Waals surface area contributed by atoms with Crippen LogP contribution in [0.15, 0.2) is 42.5 Å². The normalized spacial score (nSPS) is 23.1. The van der Waals surface area contributed by atoms with Gasteiger partial charge in [-0.15, -0.1) is 0 Å². The Morgan fingerprint density at radius 2 is 1.62 bits per heavy atom. The minimum absolute atomic E-state index is 0.101. The van der Waals surface area contributed by atoms with E-state index in [2.05, 4.69) is 39.8 Å². The maximum absolute atomic E-state index is 13.3. The lowest BCUT2D eigenvalue weighted by Crippen LogP contribution is -2.54. The SMILES string of the molecule is O=C1CCC(N2C(=O)c3cccc(NCc4ccc(CN5CCC6(CCC6)CC5)cc4)c3C2=O)C(=O)N1. The average Bonchev–Trinajstić information content (AvgIpc) is 3.13. The zero-order chi connectivity index (χ0) is 25.6. The van der Waals surface area contributed by atoms with Gasteiger partial charge in [-0.05, 0) is 73.9 Å². The fourth-order valence-corrected chi connectivity index (χ4v) is 6.24. The molecule has 0 radical (unpaired) electrons. The minimum atomic E-state index is -0.968. The molecule has 2 saturated heterocycles. The number of rotatable bonds is 6. The van der Waals surface area contributed by atoms with Crippen LogP contribution >= 0.6 is 0 Å². The number of nitrogens with zero attached hydrogens (tertiary/aromatic N) is 2. The van der Waals surface area contributed by atoms with Crippen LogP contribution in [-0.4, -0.2) is 52.6 Å². The van der Waals surface area contributed by atoms with Gasteiger partial charge in [0.15, 0.2) is 0 Å². The summed E-state index contributed by atoms with van der Waals surface area (Å²) in [6.45, 7) is 3.85. The predicted molar refractivity (Wildman–Crippen MR) is 138 cm³/mol. The molecule has 4 amide bonds. The summed E-state index contributed by atoms with van der Waals surface area (Å²) >= 11 is 0. The largest absolute Gasteiger partial charge is 0.380 e. The maximum Gasteiger partial charge on any atom is 0.264 e. The molecule has 0 aromatic heterocycles. The average molecular weight is 501 g/mol. The van der Waals surface area contributed by atoms with Crippen molar-refractivity contribution in [2.45, 2.75) is 64.1 Å². The highest BCUT2D eigenvalue weighted by atomic mass is 16.2. The quantitative estimate of drug-likeness (QED) is 0.590. The summed E-state index contributed by atoms with van der Waals surface area (Å²) in [5.41, 5.74) is 4.16. The van der Waals surface area contributed by atoms with Gasteiger partial charge in [0.2, 0.25) is 11.8 Å². The molecule has 1 atom stereocenters. The van der Waals surface area contributed by atoms with E-state index in [4.69, 9.17) is 0 Å². The Morgan fingerprint density at radius 3 is 2.30 bits per heavy atom. The van der Waals surface area contributed by atoms with E-state index in [-0.39, 0.29) is 29.9 Å². The van der Waals surface area contributed by atoms with E-state index >= 15 is 0 Å². The molecule has 2 aromatic carbocycles. The molecule has 3 heterocycles. The molecule has 1 saturated carbocycles. The highest BCUT2D eigenvalue weighted by molar-refractivity contribution is 6.25. The third-order valence-corrected chi connectivity index (χ3v) is 8.71. The molecule has 8 nitrogen and oxygen atoms in total. The molecule has 1 unspecified atom stereocenters. The number of imide groups is 2. The summed E-state index contributed by atoms with van der Waals surface area (Å²) in [7, 11) is 0. The van der Waals surface area contributed by atoms with Gasteiger partial charge in [0.25, 0.3) is 11.8 Å². The molecule has 4 aliphatic rings. The van der Waals surface area contributed by atoms with Crippen molar-refractivity contribution >= 4 is 29.3 Å². The number of amides is 4. The molecule has 192 valence electrons. The van der Waals surface area contributed by atoms with Crippen LogP contribution in [-0.2, 0) is 22.7 Å². The van der Waals surface area contributed by atoms with E-state index in [0.29, 0.717) is 17.6 Å². The van der Waals surface area contributed by atoms with Crippen molar-refractivity contribution in [2.75, 3.05) is 18.4 Å². The fourth-order valence-electron chi connectivity index (χ4n) is 6.24. The summed E-state index contributed by atoms with van der Waals surface area (Å²) in [5.74, 6) is -1.99. The fraction of sp³-hybridized carbons (Fsp3) is 0.448. The first-order valence-electron chi connectivity index (χ1n) is 13.3. The van der Waals surface area contributed by atoms with Gasteiger partial charge >= 0.3 is 0 Å². The highest BCUT2D eigenvalue weighted by Gasteiger charge is 2.45. The number of fused-ring (bicyclic) bond motifs is 1. The van der Waals surface area contributed by atoms with Crippen LogP contribution in [0.4, 0.5) is 5.69 Å². The third kappa shape index (κ3) is 4.44. The first-order chi connectivity index (χ1) is 17.9. The molecule has 3 fully saturated rings. The van der Waals surface area contributed by atoms with Crippen molar-refractivity contribution < 1.29 is 19.2 Å². The lowest BCUT2D eigenvalue weighted by molar-refractivity contribution is -0.136. The van der Waals surface area contributed by atoms with Gasteiger partial charge < -0.3 is 5.32 Å². The number of carbonyl (C=O) groups is 4. The van der Waals surface area contributed by atoms with Gasteiger partial charge in [-0.1, -0.05) is 36.8 Å². The number of likely N-dealkylation sites (tertiary alicyclic amines) is 1. The van der Waals surface area contributed by atoms with Crippen molar-refractivity contribution in [1.82, 2.24) is 15.1 Å². The number of carbonyl (C=O) groups excluding carboxylic acids is 4. The Bertz CT molecular complexity index is 1260. The second-order valence-corrected chi connectivity index (χ2v) is 11.0. The van der Waals surface area contributed by atoms with Gasteiger partial charge in [-0.2, -0.15) is 0 Å². The van der Waals surface area contributed by atoms with Gasteiger partial charge in [0.1, 0.15) is 6.04 Å². The Morgan fingerprint density at radius 1 is 0.892 bits per heavy atom. The molecule has 8 heteroatoms. The highest BCUT2D eigenvalue weighted by Crippen LogP contribution is 2.48. The monoisotopic (exact) mass is 500 g/mol. The van der Waals surface area contributed by atoms with Crippen LogP contribution in [0.25, 0.3) is 0 Å². The molecule has 2 N–H and O–H groups in total. The second kappa shape index (κ2) is 9.41. The van der Waals surface area contributed by atoms with E-state index in [1.807, 2.05) is 0 Å². The van der Waals surface area contributed by atoms with E-state index in [1.165, 1.54) is 50.8 Å². The van der Waals surface area contributed by atoms with Crippen LogP contribution in [0.5, 0.6) is 0 Å². The predicted octanol–water partition coefficient (Wildman–Crippen LogP) is 3.47. The Hall–Kier alpha value is -3.52. The number of benzene rings is 2. The van der Waals surface area contributed by atoms with E-state index < -0.39 is 23.8 Å². The van der Waals surface area contributed by atoms with Crippen molar-refractivity contribution in [2.24, 2.45) is 5.41 Å². The lowest BCUT2D eigenvalue weighted by atomic mass is 9.63. The van der Waals surface area contributed by atoms with Gasteiger partial charge in [0.05, 0.1) is 11.1 Å². The number of nitrogens with one attached hydrogen (secondary N) is 2. The molecule has 1 aliphatic carbocycles. The van der Waals surface area contributed by atoms with Crippen molar-refractivity contribution in [3.63, 3.8) is 0 Å². The Kier molecular flexibility index (Phi) is 6.07. The molecule has 1 spiro atoms. The molecule has 3 aliphatic heterocycles. The zero-order valence-corrected chi connectivity index (χ0v) is 20.9. The first kappa shape index (κ1) is 23.9. The van der Waals surface area contributed by atoms with Crippen molar-refractivity contribution in [3.8, 4) is 0 Å². The molecule has 6 rings (SSSR count). The van der Waals surface area contributed by atoms with Crippen LogP contribution in [0, 0.1) is 5.41 Å². The van der Waals surface area contributed by atoms with Crippen LogP contribution in [0.2, 0.25) is 0 Å². The topological polar surface area (TPSA) is 98.8 Å². The minimum Gasteiger partial charge on any atom is -0.380 e. The summed E-state index contributed by atoms with van der Waals surface area (Å²) in [4.78, 5) is 53.7. The zero-order valence-electron chi connectivity index (χ0n) is 20.9. The van der Waals surface area contributed by atoms with E-state index in [9.17, 15) is 19.2 Å². The summed E-state index contributed by atoms with van der Waals surface area (Å²) < 4.78 is 0. The summed E-state index contributed by atoms with van der Waals surface area (Å²) in [6, 6.07) is 12.7. The number of anilines is 1. The van der Waals surface area contributed by atoms with Crippen LogP contribution < -0.4 is 10.6 Å². The van der Waals surface area contributed by atoms with E-state index in [1.54, 1.807) is 18.2 Å². The van der Waals surface area contributed by atoms with Gasteiger partial charge in [-0.25, -0.2) is 0 Å². The standard InChI is InChI=1S/C29H32N4O4/c34-24-10-9-23(26(35)31-24)33-27(36)21-3-1-4-22(25(21)28(33)37)30-17-19-5-7-20(8-6-19)18-32-15-13-29(14-16-32)11-2-12-29/h1,3-8,23,30H,2,9-18H2,(H,31,34,35). The Labute approximate surface area is 216 Å². The number of piperidine rings is 2. The third-order valence-electron chi connectivity index (χ3n) is 8.71. The first-order valence-corrected chi connectivity index (χ1v) is 13.3. The molecule has 2 aromatic rings. The molecular weight excluding hydrogens is 468 g/mol. The van der Waals surface area contributed by atoms with Crippen LogP contribution in [0.1, 0.15) is 76.8 Å². The second-order valence-electron chi connectivity index (χ2n) is 11.0. The Balaban J connectivity index is 1.09. The summed E-state index contributed by atoms with van der Waals surface area (Å²) in [6.07, 6.45) is 7.15. The van der Waals surface area contributed by atoms with Gasteiger partial charge in [0, 0.05) is 25.2 Å². The summed E-state index contributed by atoms with van der Waals surface area (Å²) in [5, 5.41) is 5.54. The molecular formula is C29H32N4O4. The van der Waals surface area contributed by atoms with Crippen molar-refractivity contribution in [3.05, 3.63) is 64.7 Å².